The Hall–Kier alpha value is -1.58. The van der Waals surface area contributed by atoms with Crippen molar-refractivity contribution in [3.63, 3.8) is 0 Å². The second-order valence-corrected chi connectivity index (χ2v) is 2.34. The summed E-state index contributed by atoms with van der Waals surface area (Å²) in [5.74, 6) is 1.13. The van der Waals surface area contributed by atoms with Crippen LogP contribution >= 0.6 is 0 Å². The van der Waals surface area contributed by atoms with Crippen LogP contribution < -0.4 is 20.9 Å². The van der Waals surface area contributed by atoms with Gasteiger partial charge in [-0.3, -0.25) is 0 Å². The number of nitrogens with two attached hydrogens (primary N) is 2. The van der Waals surface area contributed by atoms with Crippen molar-refractivity contribution >= 4 is 11.4 Å². The van der Waals surface area contributed by atoms with Gasteiger partial charge in [0.05, 0.1) is 25.6 Å². The predicted octanol–water partition coefficient (Wildman–Crippen LogP) is 1.89. The first kappa shape index (κ1) is 12.4. The summed E-state index contributed by atoms with van der Waals surface area (Å²) in [5.41, 5.74) is 12.3. The zero-order valence-electron chi connectivity index (χ0n) is 9.13. The summed E-state index contributed by atoms with van der Waals surface area (Å²) in [5, 5.41) is 0. The van der Waals surface area contributed by atoms with Crippen LogP contribution in [0, 0.1) is 0 Å². The molecule has 0 aromatic heterocycles. The summed E-state index contributed by atoms with van der Waals surface area (Å²) in [6, 6.07) is 3.27. The van der Waals surface area contributed by atoms with E-state index in [2.05, 4.69) is 0 Å². The van der Waals surface area contributed by atoms with E-state index >= 15 is 0 Å². The first-order valence-corrected chi connectivity index (χ1v) is 4.46. The topological polar surface area (TPSA) is 70.5 Å². The Balaban J connectivity index is 0.000000791. The van der Waals surface area contributed by atoms with E-state index in [4.69, 9.17) is 20.9 Å². The molecule has 0 heterocycles. The molecule has 1 rings (SSSR count). The predicted molar refractivity (Wildman–Crippen MR) is 59.7 cm³/mol. The van der Waals surface area contributed by atoms with Crippen molar-refractivity contribution in [2.24, 2.45) is 0 Å². The lowest BCUT2D eigenvalue weighted by atomic mass is 10.2. The van der Waals surface area contributed by atoms with E-state index in [0.29, 0.717) is 22.9 Å². The molecule has 0 spiro atoms. The number of rotatable bonds is 2. The molecule has 0 saturated heterocycles. The second kappa shape index (κ2) is 5.96. The maximum Gasteiger partial charge on any atom is 0.144 e. The van der Waals surface area contributed by atoms with Crippen LogP contribution in [0.15, 0.2) is 12.1 Å². The number of benzene rings is 1. The highest BCUT2D eigenvalue weighted by atomic mass is 16.5. The molecule has 0 aliphatic carbocycles. The van der Waals surface area contributed by atoms with Gasteiger partial charge in [0.15, 0.2) is 0 Å². The van der Waals surface area contributed by atoms with E-state index in [-0.39, 0.29) is 0 Å². The number of ether oxygens (including phenoxy) is 2. The maximum atomic E-state index is 5.62. The molecule has 0 atom stereocenters. The van der Waals surface area contributed by atoms with E-state index < -0.39 is 0 Å². The quantitative estimate of drug-likeness (QED) is 0.712. The molecule has 1 aromatic rings. The van der Waals surface area contributed by atoms with Gasteiger partial charge in [-0.2, -0.15) is 0 Å². The largest absolute Gasteiger partial charge is 0.495 e. The van der Waals surface area contributed by atoms with Gasteiger partial charge in [0.1, 0.15) is 11.5 Å². The van der Waals surface area contributed by atoms with Crippen LogP contribution in [0.1, 0.15) is 13.8 Å². The van der Waals surface area contributed by atoms with Gasteiger partial charge in [-0.05, 0) is 0 Å². The number of nitrogen functional groups attached to an aromatic ring is 2. The van der Waals surface area contributed by atoms with Gasteiger partial charge in [-0.1, -0.05) is 13.8 Å². The number of methoxy groups -OCH3 is 2. The molecule has 4 heteroatoms. The van der Waals surface area contributed by atoms with Crippen molar-refractivity contribution in [2.75, 3.05) is 25.7 Å². The lowest BCUT2D eigenvalue weighted by Crippen LogP contribution is -1.97. The fourth-order valence-corrected chi connectivity index (χ4v) is 0.945. The average molecular weight is 198 g/mol. The third-order valence-electron chi connectivity index (χ3n) is 1.58. The molecular weight excluding hydrogens is 180 g/mol. The van der Waals surface area contributed by atoms with Crippen LogP contribution in [0.2, 0.25) is 0 Å². The lowest BCUT2D eigenvalue weighted by Gasteiger charge is -2.08. The molecule has 0 fully saturated rings. The third kappa shape index (κ3) is 2.73. The van der Waals surface area contributed by atoms with E-state index in [1.54, 1.807) is 12.1 Å². The molecular formula is C10H18N2O2. The molecule has 1 aromatic carbocycles. The van der Waals surface area contributed by atoms with Gasteiger partial charge in [0, 0.05) is 12.1 Å². The van der Waals surface area contributed by atoms with Gasteiger partial charge in [0.2, 0.25) is 0 Å². The number of hydrogen-bond acceptors (Lipinski definition) is 4. The minimum absolute atomic E-state index is 0.517. The van der Waals surface area contributed by atoms with E-state index in [1.165, 1.54) is 14.2 Å². The summed E-state index contributed by atoms with van der Waals surface area (Å²) in [7, 11) is 3.08. The Morgan fingerprint density at radius 2 is 1.14 bits per heavy atom. The summed E-state index contributed by atoms with van der Waals surface area (Å²) >= 11 is 0. The van der Waals surface area contributed by atoms with Crippen LogP contribution in [0.4, 0.5) is 11.4 Å². The highest BCUT2D eigenvalue weighted by molar-refractivity contribution is 5.67. The maximum absolute atomic E-state index is 5.62. The molecule has 0 saturated carbocycles. The van der Waals surface area contributed by atoms with Crippen molar-refractivity contribution in [3.8, 4) is 11.5 Å². The van der Waals surface area contributed by atoms with Crippen molar-refractivity contribution in [1.82, 2.24) is 0 Å². The monoisotopic (exact) mass is 198 g/mol. The standard InChI is InChI=1S/C8H12N2O2.C2H6/c1-11-7-3-6(10)8(12-2)4-5(7)9;1-2/h3-4H,9-10H2,1-2H3;1-2H3. The van der Waals surface area contributed by atoms with Crippen molar-refractivity contribution in [2.45, 2.75) is 13.8 Å². The first-order chi connectivity index (χ1) is 6.69. The van der Waals surface area contributed by atoms with Crippen molar-refractivity contribution in [1.29, 1.82) is 0 Å². The Morgan fingerprint density at radius 3 is 1.36 bits per heavy atom. The fraction of sp³-hybridized carbons (Fsp3) is 0.400. The highest BCUT2D eigenvalue weighted by Crippen LogP contribution is 2.31. The molecule has 14 heavy (non-hydrogen) atoms. The lowest BCUT2D eigenvalue weighted by molar-refractivity contribution is 0.407. The Labute approximate surface area is 84.8 Å². The minimum atomic E-state index is 0.517. The zero-order valence-corrected chi connectivity index (χ0v) is 9.13. The molecule has 0 aliphatic rings. The molecule has 0 amide bonds. The minimum Gasteiger partial charge on any atom is -0.495 e. The van der Waals surface area contributed by atoms with E-state index in [9.17, 15) is 0 Å². The van der Waals surface area contributed by atoms with Crippen molar-refractivity contribution < 1.29 is 9.47 Å². The SMILES string of the molecule is CC.COc1cc(N)c(OC)cc1N. The van der Waals surface area contributed by atoms with Crippen LogP contribution in [0.3, 0.4) is 0 Å². The highest BCUT2D eigenvalue weighted by Gasteiger charge is 2.05. The molecule has 0 aliphatic heterocycles. The molecule has 4 N–H and O–H groups in total. The Morgan fingerprint density at radius 1 is 0.857 bits per heavy atom. The van der Waals surface area contributed by atoms with Crippen molar-refractivity contribution in [3.05, 3.63) is 12.1 Å². The number of anilines is 2. The van der Waals surface area contributed by atoms with E-state index in [1.807, 2.05) is 13.8 Å². The van der Waals surface area contributed by atoms with Gasteiger partial charge in [0.25, 0.3) is 0 Å². The van der Waals surface area contributed by atoms with Gasteiger partial charge < -0.3 is 20.9 Å². The van der Waals surface area contributed by atoms with Crippen LogP contribution in [-0.4, -0.2) is 14.2 Å². The van der Waals surface area contributed by atoms with Gasteiger partial charge in [-0.25, -0.2) is 0 Å². The normalized spacial score (nSPS) is 8.57. The van der Waals surface area contributed by atoms with Crippen LogP contribution in [-0.2, 0) is 0 Å². The third-order valence-corrected chi connectivity index (χ3v) is 1.58. The second-order valence-electron chi connectivity index (χ2n) is 2.34. The molecule has 0 unspecified atom stereocenters. The molecule has 4 nitrogen and oxygen atoms in total. The van der Waals surface area contributed by atoms with Gasteiger partial charge in [-0.15, -0.1) is 0 Å². The van der Waals surface area contributed by atoms with Gasteiger partial charge >= 0.3 is 0 Å². The van der Waals surface area contributed by atoms with Crippen LogP contribution in [0.5, 0.6) is 11.5 Å². The zero-order chi connectivity index (χ0) is 11.1. The van der Waals surface area contributed by atoms with Crippen LogP contribution in [0.25, 0.3) is 0 Å². The van der Waals surface area contributed by atoms with E-state index in [0.717, 1.165) is 0 Å². The smallest absolute Gasteiger partial charge is 0.144 e. The summed E-state index contributed by atoms with van der Waals surface area (Å²) in [6.45, 7) is 4.00. The molecule has 0 bridgehead atoms. The molecule has 0 radical (unpaired) electrons. The summed E-state index contributed by atoms with van der Waals surface area (Å²) in [6.07, 6.45) is 0. The summed E-state index contributed by atoms with van der Waals surface area (Å²) in [4.78, 5) is 0. The molecule has 80 valence electrons. The number of hydrogen-bond donors (Lipinski definition) is 2. The Bertz CT molecular complexity index is 258. The first-order valence-electron chi connectivity index (χ1n) is 4.46. The Kier molecular flexibility index (Phi) is 5.29. The summed E-state index contributed by atoms with van der Waals surface area (Å²) < 4.78 is 9.93. The fourth-order valence-electron chi connectivity index (χ4n) is 0.945. The average Bonchev–Trinajstić information content (AvgIpc) is 2.23.